The van der Waals surface area contributed by atoms with Crippen molar-refractivity contribution in [2.45, 2.75) is 116 Å². The molecule has 19 nitrogen and oxygen atoms in total. The average Bonchev–Trinajstić information content (AvgIpc) is 3.77. The van der Waals surface area contributed by atoms with Crippen molar-refractivity contribution in [3.05, 3.63) is 41.2 Å². The molecule has 0 saturated carbocycles. The number of carbonyl (C=O) groups is 5. The van der Waals surface area contributed by atoms with Crippen LogP contribution in [0.3, 0.4) is 0 Å². The average molecular weight is 881 g/mol. The number of nitrogens with one attached hydrogen (secondary N) is 5. The van der Waals surface area contributed by atoms with Crippen molar-refractivity contribution < 1.29 is 51.3 Å². The van der Waals surface area contributed by atoms with Crippen LogP contribution < -0.4 is 20.7 Å². The number of hydrogen-bond acceptors (Lipinski definition) is 14. The van der Waals surface area contributed by atoms with Gasteiger partial charge in [-0.25, -0.2) is 13.5 Å². The van der Waals surface area contributed by atoms with E-state index in [2.05, 4.69) is 41.3 Å². The molecule has 0 atom stereocenters. The summed E-state index contributed by atoms with van der Waals surface area (Å²) in [6.07, 6.45) is 16.6. The first kappa shape index (κ1) is 52.8. The van der Waals surface area contributed by atoms with Gasteiger partial charge in [0.05, 0.1) is 45.4 Å². The lowest BCUT2D eigenvalue weighted by Crippen LogP contribution is -2.33. The van der Waals surface area contributed by atoms with Gasteiger partial charge in [-0.1, -0.05) is 94.9 Å². The number of aromatic nitrogens is 4. The van der Waals surface area contributed by atoms with Gasteiger partial charge in [-0.15, -0.1) is 5.10 Å². The fourth-order valence-electron chi connectivity index (χ4n) is 5.91. The summed E-state index contributed by atoms with van der Waals surface area (Å²) < 4.78 is 48.0. The molecular weight excluding hydrogens is 813 g/mol. The summed E-state index contributed by atoms with van der Waals surface area (Å²) in [7, 11) is -3.81. The molecule has 4 amide bonds. The topological polar surface area (TPSA) is 259 Å². The highest BCUT2D eigenvalue weighted by Crippen LogP contribution is 2.13. The zero-order valence-electron chi connectivity index (χ0n) is 35.6. The smallest absolute Gasteiger partial charge is 0.246 e. The third-order valence-corrected chi connectivity index (χ3v) is 10.6. The fourth-order valence-corrected chi connectivity index (χ4v) is 6.98. The Labute approximate surface area is 360 Å². The lowest BCUT2D eigenvalue weighted by molar-refractivity contribution is -0.127. The summed E-state index contributed by atoms with van der Waals surface area (Å²) in [5.41, 5.74) is 1.43. The van der Waals surface area contributed by atoms with Crippen LogP contribution in [0.2, 0.25) is 0 Å². The van der Waals surface area contributed by atoms with Gasteiger partial charge in [-0.3, -0.25) is 28.7 Å². The summed E-state index contributed by atoms with van der Waals surface area (Å²) in [6, 6.07) is 6.88. The van der Waals surface area contributed by atoms with Crippen LogP contribution in [0.25, 0.3) is 0 Å². The molecule has 5 N–H and O–H groups in total. The van der Waals surface area contributed by atoms with E-state index in [1.807, 2.05) is 0 Å². The van der Waals surface area contributed by atoms with E-state index in [4.69, 9.17) is 18.9 Å². The number of hydrogen-bond donors (Lipinski definition) is 5. The highest BCUT2D eigenvalue weighted by atomic mass is 32.2. The standard InChI is InChI=1S/C41H68N8O11S/c50-32-36-20-18-35(19-21-36)31-44-41(54)34-60-29-27-58-25-23-43-40(53)33-59-28-26-57-24-22-42-38(51)17-14-30-61(55,56)47-39(52)16-13-11-9-7-5-3-1-2-4-6-8-10-12-15-37-45-48-49-46-37/h18-21,32H,1-17,22-31,33-34H2,(H,42,51)(H,43,53)(H,44,54)(H,47,52)(H,45,46,48,49). The largest absolute Gasteiger partial charge is 0.377 e. The first-order chi connectivity index (χ1) is 29.7. The molecule has 0 aliphatic carbocycles. The van der Waals surface area contributed by atoms with E-state index < -0.39 is 15.9 Å². The molecule has 20 heteroatoms. The maximum atomic E-state index is 12.3. The van der Waals surface area contributed by atoms with Crippen molar-refractivity contribution in [3.63, 3.8) is 0 Å². The van der Waals surface area contributed by atoms with Gasteiger partial charge in [-0.05, 0) is 35.3 Å². The Balaban J connectivity index is 1.28. The summed E-state index contributed by atoms with van der Waals surface area (Å²) >= 11 is 0. The zero-order valence-corrected chi connectivity index (χ0v) is 36.4. The number of H-pyrrole nitrogens is 1. The number of tetrazole rings is 1. The van der Waals surface area contributed by atoms with Crippen LogP contribution in [-0.2, 0) is 61.1 Å². The van der Waals surface area contributed by atoms with E-state index >= 15 is 0 Å². The van der Waals surface area contributed by atoms with E-state index in [-0.39, 0.29) is 109 Å². The predicted octanol–water partition coefficient (Wildman–Crippen LogP) is 2.86. The van der Waals surface area contributed by atoms with Crippen LogP contribution in [0.5, 0.6) is 0 Å². The Bertz CT molecular complexity index is 1580. The number of unbranched alkanes of at least 4 members (excludes halogenated alkanes) is 12. The second kappa shape index (κ2) is 35.2. The first-order valence-corrected chi connectivity index (χ1v) is 23.2. The molecule has 0 unspecified atom stereocenters. The Hall–Kier alpha value is -4.37. The minimum atomic E-state index is -3.81. The van der Waals surface area contributed by atoms with Crippen LogP contribution in [-0.4, -0.2) is 131 Å². The number of aldehydes is 1. The Kier molecular flexibility index (Phi) is 30.5. The van der Waals surface area contributed by atoms with Gasteiger partial charge in [-0.2, -0.15) is 0 Å². The summed E-state index contributed by atoms with van der Waals surface area (Å²) in [6.45, 7) is 1.88. The second-order valence-corrected chi connectivity index (χ2v) is 16.4. The molecule has 1 heterocycles. The molecule has 1 aromatic carbocycles. The molecule has 61 heavy (non-hydrogen) atoms. The SMILES string of the molecule is O=Cc1ccc(CNC(=O)COCCOCCNC(=O)COCCOCCNC(=O)CCCS(=O)(=O)NC(=O)CCCCCCCCCCCCCCCc2nnn[nH]2)cc1. The van der Waals surface area contributed by atoms with Crippen LogP contribution >= 0.6 is 0 Å². The monoisotopic (exact) mass is 880 g/mol. The highest BCUT2D eigenvalue weighted by molar-refractivity contribution is 7.90. The maximum Gasteiger partial charge on any atom is 0.246 e. The van der Waals surface area contributed by atoms with Crippen LogP contribution in [0.15, 0.2) is 24.3 Å². The van der Waals surface area contributed by atoms with E-state index in [1.54, 1.807) is 24.3 Å². The molecule has 344 valence electrons. The number of nitrogens with zero attached hydrogens (tertiary/aromatic N) is 3. The van der Waals surface area contributed by atoms with Gasteiger partial charge in [0.25, 0.3) is 0 Å². The van der Waals surface area contributed by atoms with Crippen molar-refractivity contribution >= 4 is 39.9 Å². The molecule has 1 aromatic heterocycles. The predicted molar refractivity (Wildman–Crippen MR) is 227 cm³/mol. The molecule has 0 radical (unpaired) electrons. The Morgan fingerprint density at radius 2 is 1.10 bits per heavy atom. The number of amides is 4. The lowest BCUT2D eigenvalue weighted by atomic mass is 10.0. The van der Waals surface area contributed by atoms with Crippen molar-refractivity contribution in [3.8, 4) is 0 Å². The number of carbonyl (C=O) groups excluding carboxylic acids is 5. The lowest BCUT2D eigenvalue weighted by Gasteiger charge is -2.09. The Morgan fingerprint density at radius 3 is 1.66 bits per heavy atom. The molecule has 2 rings (SSSR count). The van der Waals surface area contributed by atoms with E-state index in [9.17, 15) is 32.4 Å². The van der Waals surface area contributed by atoms with E-state index in [0.717, 1.165) is 49.8 Å². The van der Waals surface area contributed by atoms with Gasteiger partial charge < -0.3 is 34.9 Å². The molecule has 0 spiro atoms. The molecule has 2 aromatic rings. The quantitative estimate of drug-likeness (QED) is 0.0477. The Morgan fingerprint density at radius 1 is 0.590 bits per heavy atom. The molecule has 0 fully saturated rings. The van der Waals surface area contributed by atoms with Gasteiger partial charge in [0, 0.05) is 44.5 Å². The summed E-state index contributed by atoms with van der Waals surface area (Å²) in [5, 5.41) is 21.9. The third-order valence-electron chi connectivity index (χ3n) is 9.25. The molecule has 0 bridgehead atoms. The van der Waals surface area contributed by atoms with Crippen molar-refractivity contribution in [2.24, 2.45) is 0 Å². The number of sulfonamides is 1. The van der Waals surface area contributed by atoms with Crippen molar-refractivity contribution in [2.75, 3.05) is 71.7 Å². The zero-order chi connectivity index (χ0) is 44.1. The minimum Gasteiger partial charge on any atom is -0.377 e. The third kappa shape index (κ3) is 31.2. The molecule has 0 saturated heterocycles. The number of ether oxygens (including phenoxy) is 4. The number of aromatic amines is 1. The number of rotatable bonds is 40. The van der Waals surface area contributed by atoms with E-state index in [0.29, 0.717) is 18.5 Å². The molecule has 0 aliphatic rings. The first-order valence-electron chi connectivity index (χ1n) is 21.6. The number of aryl methyl sites for hydroxylation is 1. The summed E-state index contributed by atoms with van der Waals surface area (Å²) in [4.78, 5) is 58.7. The van der Waals surface area contributed by atoms with Gasteiger partial charge in [0.1, 0.15) is 25.3 Å². The second-order valence-electron chi connectivity index (χ2n) is 14.6. The highest BCUT2D eigenvalue weighted by Gasteiger charge is 2.15. The minimum absolute atomic E-state index is 0.00316. The summed E-state index contributed by atoms with van der Waals surface area (Å²) in [5.74, 6) is -0.886. The van der Waals surface area contributed by atoms with Gasteiger partial charge in [0.15, 0.2) is 0 Å². The van der Waals surface area contributed by atoms with Crippen LogP contribution in [0.1, 0.15) is 124 Å². The van der Waals surface area contributed by atoms with Crippen molar-refractivity contribution in [1.29, 1.82) is 0 Å². The van der Waals surface area contributed by atoms with Crippen LogP contribution in [0, 0.1) is 0 Å². The van der Waals surface area contributed by atoms with Crippen LogP contribution in [0.4, 0.5) is 0 Å². The van der Waals surface area contributed by atoms with Gasteiger partial charge >= 0.3 is 0 Å². The fraction of sp³-hybridized carbons (Fsp3) is 0.707. The maximum absolute atomic E-state index is 12.3. The molecule has 0 aliphatic heterocycles. The van der Waals surface area contributed by atoms with E-state index in [1.165, 1.54) is 51.4 Å². The van der Waals surface area contributed by atoms with Gasteiger partial charge in [0.2, 0.25) is 33.7 Å². The van der Waals surface area contributed by atoms with Crippen molar-refractivity contribution in [1.82, 2.24) is 41.3 Å². The number of benzene rings is 1. The normalized spacial score (nSPS) is 11.3. The molecular formula is C41H68N8O11S.